The number of rotatable bonds is 4. The number of halogens is 1. The lowest BCUT2D eigenvalue weighted by Crippen LogP contribution is -2.56. The Morgan fingerprint density at radius 1 is 1.16 bits per heavy atom. The van der Waals surface area contributed by atoms with E-state index >= 15 is 4.39 Å². The largest absolute Gasteiger partial charge is 0.489 e. The van der Waals surface area contributed by atoms with E-state index in [1.807, 2.05) is 38.4 Å². The van der Waals surface area contributed by atoms with Gasteiger partial charge in [0.2, 0.25) is 0 Å². The van der Waals surface area contributed by atoms with Crippen LogP contribution in [0.2, 0.25) is 0 Å². The maximum Gasteiger partial charge on any atom is 0.197 e. The number of likely N-dealkylation sites (N-methyl/N-ethyl adjacent to an activating group) is 1. The smallest absolute Gasteiger partial charge is 0.197 e. The minimum absolute atomic E-state index is 0.310. The molecule has 2 aliphatic rings. The molecule has 0 spiro atoms. The van der Waals surface area contributed by atoms with E-state index in [1.165, 1.54) is 0 Å². The number of anilines is 1. The van der Waals surface area contributed by atoms with Crippen LogP contribution in [0.3, 0.4) is 0 Å². The van der Waals surface area contributed by atoms with Crippen molar-refractivity contribution >= 4 is 22.3 Å². The summed E-state index contributed by atoms with van der Waals surface area (Å²) < 4.78 is 21.6. The molecule has 1 unspecified atom stereocenters. The molecule has 0 bridgehead atoms. The van der Waals surface area contributed by atoms with E-state index in [-0.39, 0.29) is 5.82 Å². The summed E-state index contributed by atoms with van der Waals surface area (Å²) in [6.07, 6.45) is 1.96. The number of ether oxygens (including phenoxy) is 1. The fourth-order valence-corrected chi connectivity index (χ4v) is 5.84. The van der Waals surface area contributed by atoms with Gasteiger partial charge in [-0.3, -0.25) is 0 Å². The van der Waals surface area contributed by atoms with E-state index in [0.29, 0.717) is 36.0 Å². The van der Waals surface area contributed by atoms with Crippen molar-refractivity contribution in [1.29, 1.82) is 0 Å². The van der Waals surface area contributed by atoms with E-state index in [2.05, 4.69) is 50.2 Å². The van der Waals surface area contributed by atoms with Crippen LogP contribution in [0.1, 0.15) is 11.1 Å². The minimum Gasteiger partial charge on any atom is -0.489 e. The first kappa shape index (κ1) is 23.5. The van der Waals surface area contributed by atoms with Gasteiger partial charge in [0.05, 0.1) is 18.3 Å². The average molecular weight is 496 g/mol. The van der Waals surface area contributed by atoms with Crippen molar-refractivity contribution in [2.75, 3.05) is 45.2 Å². The van der Waals surface area contributed by atoms with Gasteiger partial charge in [0.15, 0.2) is 5.69 Å². The van der Waals surface area contributed by atoms with Crippen LogP contribution in [0.4, 0.5) is 15.8 Å². The Balaban J connectivity index is 1.44. The molecule has 37 heavy (non-hydrogen) atoms. The lowest BCUT2D eigenvalue weighted by atomic mass is 9.93. The fourth-order valence-electron chi connectivity index (χ4n) is 5.84. The van der Waals surface area contributed by atoms with Crippen molar-refractivity contribution < 1.29 is 9.13 Å². The highest BCUT2D eigenvalue weighted by atomic mass is 19.1. The van der Waals surface area contributed by atoms with Crippen molar-refractivity contribution in [3.8, 4) is 28.0 Å². The monoisotopic (exact) mass is 495 g/mol. The number of aromatic nitrogens is 1. The summed E-state index contributed by atoms with van der Waals surface area (Å²) in [7, 11) is 4.00. The van der Waals surface area contributed by atoms with Gasteiger partial charge in [0, 0.05) is 54.4 Å². The van der Waals surface area contributed by atoms with Crippen molar-refractivity contribution in [1.82, 2.24) is 15.2 Å². The lowest BCUT2D eigenvalue weighted by Gasteiger charge is -2.44. The van der Waals surface area contributed by atoms with Crippen molar-refractivity contribution in [2.45, 2.75) is 19.5 Å². The molecular weight excluding hydrogens is 465 g/mol. The maximum absolute atomic E-state index is 15.4. The van der Waals surface area contributed by atoms with Gasteiger partial charge < -0.3 is 24.8 Å². The van der Waals surface area contributed by atoms with Gasteiger partial charge in [-0.2, -0.15) is 0 Å². The normalized spacial score (nSPS) is 17.3. The number of fused-ring (bicyclic) bond motifs is 4. The molecule has 188 valence electrons. The Morgan fingerprint density at radius 2 is 2.03 bits per heavy atom. The van der Waals surface area contributed by atoms with Gasteiger partial charge in [-0.15, -0.1) is 0 Å². The van der Waals surface area contributed by atoms with E-state index in [0.717, 1.165) is 64.2 Å². The van der Waals surface area contributed by atoms with Crippen LogP contribution in [0, 0.1) is 19.3 Å². The summed E-state index contributed by atoms with van der Waals surface area (Å²) >= 11 is 0. The summed E-state index contributed by atoms with van der Waals surface area (Å²) in [5.41, 5.74) is 7.25. The molecule has 3 aromatic carbocycles. The summed E-state index contributed by atoms with van der Waals surface area (Å²) in [6.45, 7) is 14.0. The highest BCUT2D eigenvalue weighted by molar-refractivity contribution is 6.02. The van der Waals surface area contributed by atoms with Gasteiger partial charge in [-0.05, 0) is 67.5 Å². The van der Waals surface area contributed by atoms with Crippen LogP contribution in [-0.2, 0) is 6.54 Å². The molecule has 1 atom stereocenters. The molecule has 0 radical (unpaired) electrons. The highest BCUT2D eigenvalue weighted by Gasteiger charge is 2.32. The summed E-state index contributed by atoms with van der Waals surface area (Å²) in [5.74, 6) is 0.586. The zero-order valence-corrected chi connectivity index (χ0v) is 21.4. The third kappa shape index (κ3) is 4.03. The molecule has 1 fully saturated rings. The molecule has 4 aromatic rings. The third-order valence-electron chi connectivity index (χ3n) is 7.61. The molecule has 2 N–H and O–H groups in total. The van der Waals surface area contributed by atoms with Crippen LogP contribution in [0.5, 0.6) is 5.75 Å². The Kier molecular flexibility index (Phi) is 5.86. The van der Waals surface area contributed by atoms with Crippen LogP contribution in [-0.4, -0.2) is 56.3 Å². The molecule has 2 aliphatic heterocycles. The standard InChI is InChI=1S/C30H30FN5O/c1-18-9-19(14-32-2)10-25(31)30(18)23-12-22-24(15-34-27(22)13-26(23)33-3)20-5-6-28-29(11-20)37-17-21-16-35(4)7-8-36(21)28/h5-6,9-13,15,21,32,34H,7-8,14,16-17H2,1-2,4H3. The second kappa shape index (κ2) is 9.22. The molecular formula is C30H30FN5O. The molecule has 1 aromatic heterocycles. The van der Waals surface area contributed by atoms with Crippen LogP contribution >= 0.6 is 0 Å². The number of H-pyrrole nitrogens is 1. The van der Waals surface area contributed by atoms with E-state index < -0.39 is 0 Å². The summed E-state index contributed by atoms with van der Waals surface area (Å²) in [5, 5.41) is 4.02. The lowest BCUT2D eigenvalue weighted by molar-refractivity contribution is 0.188. The fraction of sp³-hybridized carbons (Fsp3) is 0.300. The number of nitrogens with zero attached hydrogens (tertiary/aromatic N) is 3. The van der Waals surface area contributed by atoms with Crippen LogP contribution < -0.4 is 15.0 Å². The Hall–Kier alpha value is -3.86. The number of nitrogens with one attached hydrogen (secondary N) is 2. The molecule has 6 nitrogen and oxygen atoms in total. The Bertz CT molecular complexity index is 1530. The second-order valence-corrected chi connectivity index (χ2v) is 10.1. The first-order valence-electron chi connectivity index (χ1n) is 12.7. The van der Waals surface area contributed by atoms with Gasteiger partial charge in [-0.1, -0.05) is 18.2 Å². The molecule has 0 saturated carbocycles. The maximum atomic E-state index is 15.4. The Labute approximate surface area is 216 Å². The van der Waals surface area contributed by atoms with Gasteiger partial charge in [-0.25, -0.2) is 9.24 Å². The van der Waals surface area contributed by atoms with Gasteiger partial charge >= 0.3 is 0 Å². The quantitative estimate of drug-likeness (QED) is 0.355. The van der Waals surface area contributed by atoms with E-state index in [4.69, 9.17) is 11.3 Å². The van der Waals surface area contributed by atoms with Crippen LogP contribution in [0.25, 0.3) is 38.0 Å². The molecule has 6 rings (SSSR count). The van der Waals surface area contributed by atoms with Crippen molar-refractivity contribution in [3.05, 3.63) is 77.0 Å². The number of piperazine rings is 1. The molecule has 7 heteroatoms. The van der Waals surface area contributed by atoms with Gasteiger partial charge in [0.1, 0.15) is 18.2 Å². The van der Waals surface area contributed by atoms with Crippen molar-refractivity contribution in [3.63, 3.8) is 0 Å². The summed E-state index contributed by atoms with van der Waals surface area (Å²) in [4.78, 5) is 11.9. The molecule has 1 saturated heterocycles. The SMILES string of the molecule is [C-]#[N+]c1cc2[nH]cc(-c3ccc4c(c3)OCC3CN(C)CCN43)c2cc1-c1c(C)cc(CNC)cc1F. The topological polar surface area (TPSA) is 47.9 Å². The number of hydrogen-bond acceptors (Lipinski definition) is 4. The van der Waals surface area contributed by atoms with Gasteiger partial charge in [0.25, 0.3) is 0 Å². The minimum atomic E-state index is -0.310. The highest BCUT2D eigenvalue weighted by Crippen LogP contribution is 2.43. The van der Waals surface area contributed by atoms with E-state index in [9.17, 15) is 0 Å². The molecule has 3 heterocycles. The molecule has 0 aliphatic carbocycles. The summed E-state index contributed by atoms with van der Waals surface area (Å²) in [6, 6.07) is 14.1. The van der Waals surface area contributed by atoms with Crippen molar-refractivity contribution in [2.24, 2.45) is 0 Å². The second-order valence-electron chi connectivity index (χ2n) is 10.1. The van der Waals surface area contributed by atoms with Crippen LogP contribution in [0.15, 0.2) is 48.7 Å². The third-order valence-corrected chi connectivity index (χ3v) is 7.61. The number of aryl methyl sites for hydroxylation is 1. The zero-order valence-electron chi connectivity index (χ0n) is 21.4. The number of aromatic amines is 1. The average Bonchev–Trinajstić information content (AvgIpc) is 3.30. The molecule has 0 amide bonds. The first-order valence-corrected chi connectivity index (χ1v) is 12.7. The predicted octanol–water partition coefficient (Wildman–Crippen LogP) is 5.73. The predicted molar refractivity (Wildman–Crippen MR) is 147 cm³/mol. The zero-order chi connectivity index (χ0) is 25.7. The number of benzene rings is 3. The van der Waals surface area contributed by atoms with E-state index in [1.54, 1.807) is 6.07 Å². The number of hydrogen-bond donors (Lipinski definition) is 2. The Morgan fingerprint density at radius 3 is 2.81 bits per heavy atom. The first-order chi connectivity index (χ1) is 18.0.